The Kier molecular flexibility index (Phi) is 6.78. The Hall–Kier alpha value is -3.15. The first-order valence-electron chi connectivity index (χ1n) is 9.35. The summed E-state index contributed by atoms with van der Waals surface area (Å²) in [5, 5.41) is 2.86. The number of methoxy groups -OCH3 is 1. The zero-order valence-electron chi connectivity index (χ0n) is 16.2. The summed E-state index contributed by atoms with van der Waals surface area (Å²) >= 11 is 0. The molecule has 6 nitrogen and oxygen atoms in total. The quantitative estimate of drug-likeness (QED) is 0.525. The average Bonchev–Trinajstić information content (AvgIpc) is 3.19. The summed E-state index contributed by atoms with van der Waals surface area (Å²) < 4.78 is 21.7. The van der Waals surface area contributed by atoms with Crippen LogP contribution in [0.25, 0.3) is 6.08 Å². The van der Waals surface area contributed by atoms with Gasteiger partial charge in [0, 0.05) is 12.6 Å². The van der Waals surface area contributed by atoms with Crippen molar-refractivity contribution in [2.24, 2.45) is 0 Å². The SMILES string of the molecule is CCCCOc1ccc(/C=C/C(=O)NCc2ccc3c(c2)OCO3)cc1OC. The van der Waals surface area contributed by atoms with E-state index in [1.807, 2.05) is 36.4 Å². The Morgan fingerprint density at radius 2 is 2.00 bits per heavy atom. The van der Waals surface area contributed by atoms with Crippen molar-refractivity contribution in [3.8, 4) is 23.0 Å². The van der Waals surface area contributed by atoms with Gasteiger partial charge in [0.1, 0.15) is 0 Å². The number of unbranched alkanes of at least 4 members (excludes halogenated alkanes) is 1. The lowest BCUT2D eigenvalue weighted by molar-refractivity contribution is -0.116. The van der Waals surface area contributed by atoms with E-state index >= 15 is 0 Å². The molecule has 0 aromatic heterocycles. The van der Waals surface area contributed by atoms with Gasteiger partial charge < -0.3 is 24.3 Å². The highest BCUT2D eigenvalue weighted by atomic mass is 16.7. The molecule has 1 amide bonds. The monoisotopic (exact) mass is 383 g/mol. The molecule has 0 spiro atoms. The number of benzene rings is 2. The van der Waals surface area contributed by atoms with Gasteiger partial charge in [-0.2, -0.15) is 0 Å². The Bertz CT molecular complexity index is 847. The molecule has 3 rings (SSSR count). The third-order valence-corrected chi connectivity index (χ3v) is 4.27. The minimum atomic E-state index is -0.181. The van der Waals surface area contributed by atoms with Gasteiger partial charge in [-0.15, -0.1) is 0 Å². The van der Waals surface area contributed by atoms with Gasteiger partial charge in [-0.3, -0.25) is 4.79 Å². The van der Waals surface area contributed by atoms with E-state index in [0.717, 1.165) is 29.7 Å². The van der Waals surface area contributed by atoms with Crippen LogP contribution >= 0.6 is 0 Å². The molecular formula is C22H25NO5. The van der Waals surface area contributed by atoms with Gasteiger partial charge in [0.05, 0.1) is 13.7 Å². The smallest absolute Gasteiger partial charge is 0.244 e. The van der Waals surface area contributed by atoms with Gasteiger partial charge >= 0.3 is 0 Å². The van der Waals surface area contributed by atoms with Gasteiger partial charge in [-0.05, 0) is 47.9 Å². The second kappa shape index (κ2) is 9.69. The lowest BCUT2D eigenvalue weighted by Crippen LogP contribution is -2.20. The van der Waals surface area contributed by atoms with Crippen molar-refractivity contribution in [1.82, 2.24) is 5.32 Å². The number of ether oxygens (including phenoxy) is 4. The van der Waals surface area contributed by atoms with Crippen LogP contribution in [0.4, 0.5) is 0 Å². The minimum Gasteiger partial charge on any atom is -0.493 e. The molecule has 1 aliphatic heterocycles. The van der Waals surface area contributed by atoms with Crippen LogP contribution in [-0.4, -0.2) is 26.4 Å². The van der Waals surface area contributed by atoms with E-state index in [4.69, 9.17) is 18.9 Å². The molecular weight excluding hydrogens is 358 g/mol. The molecule has 0 aliphatic carbocycles. The van der Waals surface area contributed by atoms with E-state index in [0.29, 0.717) is 30.4 Å². The van der Waals surface area contributed by atoms with Crippen molar-refractivity contribution in [2.75, 3.05) is 20.5 Å². The van der Waals surface area contributed by atoms with E-state index < -0.39 is 0 Å². The molecule has 0 fully saturated rings. The maximum atomic E-state index is 12.1. The molecule has 1 N–H and O–H groups in total. The number of hydrogen-bond donors (Lipinski definition) is 1. The third-order valence-electron chi connectivity index (χ3n) is 4.27. The zero-order valence-corrected chi connectivity index (χ0v) is 16.2. The normalized spacial score (nSPS) is 12.2. The van der Waals surface area contributed by atoms with Crippen LogP contribution in [0, 0.1) is 0 Å². The number of rotatable bonds is 9. The number of fused-ring (bicyclic) bond motifs is 1. The molecule has 0 atom stereocenters. The van der Waals surface area contributed by atoms with Gasteiger partial charge in [-0.1, -0.05) is 25.5 Å². The summed E-state index contributed by atoms with van der Waals surface area (Å²) in [5.74, 6) is 2.61. The summed E-state index contributed by atoms with van der Waals surface area (Å²) in [4.78, 5) is 12.1. The van der Waals surface area contributed by atoms with Crippen molar-refractivity contribution in [1.29, 1.82) is 0 Å². The standard InChI is InChI=1S/C22H25NO5/c1-3-4-11-26-18-8-5-16(12-20(18)25-2)7-10-22(24)23-14-17-6-9-19-21(13-17)28-15-27-19/h5-10,12-13H,3-4,11,14-15H2,1-2H3,(H,23,24)/b10-7+. The van der Waals surface area contributed by atoms with Crippen LogP contribution in [0.2, 0.25) is 0 Å². The van der Waals surface area contributed by atoms with Crippen LogP contribution in [0.1, 0.15) is 30.9 Å². The number of hydrogen-bond acceptors (Lipinski definition) is 5. The zero-order chi connectivity index (χ0) is 19.8. The lowest BCUT2D eigenvalue weighted by Gasteiger charge is -2.11. The largest absolute Gasteiger partial charge is 0.493 e. The maximum absolute atomic E-state index is 12.1. The van der Waals surface area contributed by atoms with E-state index in [1.165, 1.54) is 6.08 Å². The van der Waals surface area contributed by atoms with Gasteiger partial charge in [0.15, 0.2) is 23.0 Å². The molecule has 28 heavy (non-hydrogen) atoms. The van der Waals surface area contributed by atoms with Crippen LogP contribution in [0.5, 0.6) is 23.0 Å². The van der Waals surface area contributed by atoms with E-state index in [1.54, 1.807) is 13.2 Å². The number of carbonyl (C=O) groups is 1. The third kappa shape index (κ3) is 5.19. The predicted molar refractivity (Wildman–Crippen MR) is 107 cm³/mol. The second-order valence-corrected chi connectivity index (χ2v) is 6.35. The topological polar surface area (TPSA) is 66.0 Å². The van der Waals surface area contributed by atoms with Gasteiger partial charge in [0.25, 0.3) is 0 Å². The molecule has 1 aliphatic rings. The molecule has 0 saturated heterocycles. The van der Waals surface area contributed by atoms with Crippen LogP contribution in [0.15, 0.2) is 42.5 Å². The predicted octanol–water partition coefficient (Wildman–Crippen LogP) is 3.93. The van der Waals surface area contributed by atoms with Crippen molar-refractivity contribution in [3.63, 3.8) is 0 Å². The Balaban J connectivity index is 1.54. The van der Waals surface area contributed by atoms with Crippen LogP contribution < -0.4 is 24.3 Å². The highest BCUT2D eigenvalue weighted by Gasteiger charge is 2.13. The fraction of sp³-hybridized carbons (Fsp3) is 0.318. The summed E-state index contributed by atoms with van der Waals surface area (Å²) in [7, 11) is 1.60. The number of nitrogens with one attached hydrogen (secondary N) is 1. The Labute approximate surface area is 165 Å². The molecule has 2 aromatic rings. The van der Waals surface area contributed by atoms with Gasteiger partial charge in [-0.25, -0.2) is 0 Å². The second-order valence-electron chi connectivity index (χ2n) is 6.35. The Morgan fingerprint density at radius 1 is 1.14 bits per heavy atom. The molecule has 0 bridgehead atoms. The van der Waals surface area contributed by atoms with Crippen LogP contribution in [-0.2, 0) is 11.3 Å². The van der Waals surface area contributed by atoms with Gasteiger partial charge in [0.2, 0.25) is 12.7 Å². The fourth-order valence-electron chi connectivity index (χ4n) is 2.70. The molecule has 2 aromatic carbocycles. The van der Waals surface area contributed by atoms with E-state index in [-0.39, 0.29) is 12.7 Å². The summed E-state index contributed by atoms with van der Waals surface area (Å²) in [6.45, 7) is 3.42. The first-order valence-corrected chi connectivity index (χ1v) is 9.35. The van der Waals surface area contributed by atoms with Crippen molar-refractivity contribution in [3.05, 3.63) is 53.6 Å². The highest BCUT2D eigenvalue weighted by Crippen LogP contribution is 2.32. The maximum Gasteiger partial charge on any atom is 0.244 e. The number of amides is 1. The fourth-order valence-corrected chi connectivity index (χ4v) is 2.70. The lowest BCUT2D eigenvalue weighted by atomic mass is 10.1. The first kappa shape index (κ1) is 19.6. The molecule has 0 unspecified atom stereocenters. The van der Waals surface area contributed by atoms with Crippen molar-refractivity contribution >= 4 is 12.0 Å². The molecule has 0 radical (unpaired) electrons. The summed E-state index contributed by atoms with van der Waals surface area (Å²) in [6, 6.07) is 11.2. The number of carbonyl (C=O) groups excluding carboxylic acids is 1. The summed E-state index contributed by atoms with van der Waals surface area (Å²) in [5.41, 5.74) is 1.80. The van der Waals surface area contributed by atoms with Crippen molar-refractivity contribution in [2.45, 2.75) is 26.3 Å². The first-order chi connectivity index (χ1) is 13.7. The van der Waals surface area contributed by atoms with E-state index in [9.17, 15) is 4.79 Å². The molecule has 1 heterocycles. The van der Waals surface area contributed by atoms with E-state index in [2.05, 4.69) is 12.2 Å². The van der Waals surface area contributed by atoms with Crippen LogP contribution in [0.3, 0.4) is 0 Å². The molecule has 148 valence electrons. The highest BCUT2D eigenvalue weighted by molar-refractivity contribution is 5.91. The minimum absolute atomic E-state index is 0.181. The van der Waals surface area contributed by atoms with Crippen molar-refractivity contribution < 1.29 is 23.7 Å². The Morgan fingerprint density at radius 3 is 2.82 bits per heavy atom. The average molecular weight is 383 g/mol. The molecule has 6 heteroatoms. The molecule has 0 saturated carbocycles. The summed E-state index contributed by atoms with van der Waals surface area (Å²) in [6.07, 6.45) is 5.31.